The summed E-state index contributed by atoms with van der Waals surface area (Å²) in [4.78, 5) is 4.25. The van der Waals surface area contributed by atoms with Crippen LogP contribution in [-0.4, -0.2) is 44.7 Å². The summed E-state index contributed by atoms with van der Waals surface area (Å²) in [6.45, 7) is 7.76. The van der Waals surface area contributed by atoms with Crippen molar-refractivity contribution >= 4 is 41.7 Å². The van der Waals surface area contributed by atoms with Crippen molar-refractivity contribution in [1.29, 1.82) is 0 Å². The molecule has 0 saturated heterocycles. The second kappa shape index (κ2) is 14.5. The average molecular weight is 463 g/mol. The average Bonchev–Trinajstić information content (AvgIpc) is 2.59. The molecule has 2 N–H and O–H groups in total. The van der Waals surface area contributed by atoms with Crippen LogP contribution < -0.4 is 15.4 Å². The summed E-state index contributed by atoms with van der Waals surface area (Å²) in [5.41, 5.74) is 1.33. The molecular weight excluding hydrogens is 433 g/mol. The number of thioether (sulfide) groups is 1. The summed E-state index contributed by atoms with van der Waals surface area (Å²) in [6, 6.07) is 8.29. The molecule has 0 amide bonds. The van der Waals surface area contributed by atoms with Gasteiger partial charge in [-0.2, -0.15) is 11.8 Å². The van der Waals surface area contributed by atoms with Crippen molar-refractivity contribution in [3.8, 4) is 5.75 Å². The lowest BCUT2D eigenvalue weighted by atomic mass is 9.98. The van der Waals surface area contributed by atoms with Crippen molar-refractivity contribution in [1.82, 2.24) is 10.6 Å². The largest absolute Gasteiger partial charge is 0.497 e. The summed E-state index contributed by atoms with van der Waals surface area (Å²) in [7, 11) is 3.50. The Morgan fingerprint density at radius 2 is 1.96 bits per heavy atom. The Bertz CT molecular complexity index is 480. The van der Waals surface area contributed by atoms with Crippen molar-refractivity contribution in [3.05, 3.63) is 42.5 Å². The molecule has 0 radical (unpaired) electrons. The van der Waals surface area contributed by atoms with Gasteiger partial charge in [0.1, 0.15) is 5.75 Å². The van der Waals surface area contributed by atoms with Gasteiger partial charge in [0.05, 0.1) is 7.11 Å². The Morgan fingerprint density at radius 3 is 2.54 bits per heavy atom. The van der Waals surface area contributed by atoms with Crippen LogP contribution in [0.1, 0.15) is 24.8 Å². The highest BCUT2D eigenvalue weighted by Crippen LogP contribution is 2.21. The number of aliphatic imine (C=N–C) groups is 1. The third kappa shape index (κ3) is 9.42. The van der Waals surface area contributed by atoms with E-state index in [1.54, 1.807) is 14.2 Å². The smallest absolute Gasteiger partial charge is 0.191 e. The molecule has 0 spiro atoms. The van der Waals surface area contributed by atoms with Crippen LogP contribution in [0.4, 0.5) is 0 Å². The summed E-state index contributed by atoms with van der Waals surface area (Å²) < 4.78 is 5.19. The number of halogens is 1. The first-order valence-electron chi connectivity index (χ1n) is 7.98. The number of ether oxygens (including phenoxy) is 1. The van der Waals surface area contributed by atoms with Crippen LogP contribution in [0.25, 0.3) is 0 Å². The van der Waals surface area contributed by atoms with Gasteiger partial charge in [-0.25, -0.2) is 0 Å². The molecule has 136 valence electrons. The molecule has 0 aliphatic carbocycles. The summed E-state index contributed by atoms with van der Waals surface area (Å²) in [5.74, 6) is 4.31. The highest BCUT2D eigenvalue weighted by molar-refractivity contribution is 14.0. The van der Waals surface area contributed by atoms with E-state index >= 15 is 0 Å². The number of nitrogens with zero attached hydrogens (tertiary/aromatic N) is 1. The quantitative estimate of drug-likeness (QED) is 0.182. The van der Waals surface area contributed by atoms with Crippen LogP contribution in [-0.2, 0) is 0 Å². The number of guanidine groups is 1. The van der Waals surface area contributed by atoms with Crippen LogP contribution >= 0.6 is 35.7 Å². The maximum atomic E-state index is 5.19. The first-order chi connectivity index (χ1) is 11.2. The molecule has 4 nitrogen and oxygen atoms in total. The van der Waals surface area contributed by atoms with Gasteiger partial charge >= 0.3 is 0 Å². The topological polar surface area (TPSA) is 45.7 Å². The molecule has 0 aromatic heterocycles. The maximum Gasteiger partial charge on any atom is 0.191 e. The monoisotopic (exact) mass is 463 g/mol. The normalized spacial score (nSPS) is 12.0. The molecule has 1 unspecified atom stereocenters. The lowest BCUT2D eigenvalue weighted by Gasteiger charge is -2.15. The van der Waals surface area contributed by atoms with Gasteiger partial charge in [0.2, 0.25) is 0 Å². The number of methoxy groups -OCH3 is 1. The molecular formula is C18H30IN3OS. The minimum absolute atomic E-state index is 0. The van der Waals surface area contributed by atoms with Gasteiger partial charge in [0, 0.05) is 31.6 Å². The van der Waals surface area contributed by atoms with Gasteiger partial charge in [-0.05, 0) is 30.0 Å². The molecule has 1 aromatic carbocycles. The Balaban J connectivity index is 0.00000529. The van der Waals surface area contributed by atoms with E-state index in [1.165, 1.54) is 5.56 Å². The molecule has 0 saturated carbocycles. The molecule has 1 aromatic rings. The van der Waals surface area contributed by atoms with Crippen LogP contribution in [0.5, 0.6) is 5.75 Å². The van der Waals surface area contributed by atoms with E-state index in [2.05, 4.69) is 41.3 Å². The predicted octanol–water partition coefficient (Wildman–Crippen LogP) is 3.89. The Morgan fingerprint density at radius 1 is 1.29 bits per heavy atom. The minimum Gasteiger partial charge on any atom is -0.497 e. The zero-order chi connectivity index (χ0) is 16.9. The van der Waals surface area contributed by atoms with Crippen LogP contribution in [0.15, 0.2) is 41.9 Å². The second-order valence-corrected chi connectivity index (χ2v) is 6.40. The van der Waals surface area contributed by atoms with Crippen LogP contribution in [0.2, 0.25) is 0 Å². The molecule has 0 aliphatic heterocycles. The highest BCUT2D eigenvalue weighted by atomic mass is 127. The molecule has 24 heavy (non-hydrogen) atoms. The first kappa shape index (κ1) is 23.1. The molecule has 0 fully saturated rings. The Hall–Kier alpha value is -0.890. The van der Waals surface area contributed by atoms with Gasteiger partial charge in [0.15, 0.2) is 5.96 Å². The van der Waals surface area contributed by atoms with E-state index in [0.717, 1.165) is 42.7 Å². The lowest BCUT2D eigenvalue weighted by molar-refractivity contribution is 0.414. The van der Waals surface area contributed by atoms with Gasteiger partial charge in [-0.3, -0.25) is 4.99 Å². The van der Waals surface area contributed by atoms with E-state index in [0.29, 0.717) is 5.92 Å². The highest BCUT2D eigenvalue weighted by Gasteiger charge is 2.06. The maximum absolute atomic E-state index is 5.19. The fourth-order valence-corrected chi connectivity index (χ4v) is 2.71. The van der Waals surface area contributed by atoms with E-state index in [-0.39, 0.29) is 24.0 Å². The lowest BCUT2D eigenvalue weighted by Crippen LogP contribution is -2.39. The number of benzene rings is 1. The zero-order valence-corrected chi connectivity index (χ0v) is 18.0. The van der Waals surface area contributed by atoms with Gasteiger partial charge in [0.25, 0.3) is 0 Å². The van der Waals surface area contributed by atoms with Gasteiger partial charge in [-0.1, -0.05) is 25.1 Å². The molecule has 0 bridgehead atoms. The minimum atomic E-state index is 0. The number of rotatable bonds is 10. The number of hydrogen-bond acceptors (Lipinski definition) is 3. The van der Waals surface area contributed by atoms with E-state index in [1.807, 2.05) is 30.0 Å². The molecule has 0 aliphatic rings. The van der Waals surface area contributed by atoms with Crippen molar-refractivity contribution in [3.63, 3.8) is 0 Å². The molecule has 0 heterocycles. The third-order valence-corrected chi connectivity index (χ3v) is 4.52. The van der Waals surface area contributed by atoms with Gasteiger partial charge in [-0.15, -0.1) is 30.6 Å². The Kier molecular flexibility index (Phi) is 13.9. The van der Waals surface area contributed by atoms with Crippen LogP contribution in [0, 0.1) is 0 Å². The standard InChI is InChI=1S/C18H29N3OS.HI/c1-5-13-23-14-12-21-18(19-3)20-11-10-15(2)16-6-8-17(22-4)9-7-16;/h5-9,15H,1,10-14H2,2-4H3,(H2,19,20,21);1H. The predicted molar refractivity (Wildman–Crippen MR) is 118 cm³/mol. The van der Waals surface area contributed by atoms with Crippen molar-refractivity contribution < 1.29 is 4.74 Å². The fourth-order valence-electron chi connectivity index (χ4n) is 2.14. The summed E-state index contributed by atoms with van der Waals surface area (Å²) in [6.07, 6.45) is 2.98. The Labute approximate surface area is 167 Å². The van der Waals surface area contributed by atoms with Crippen molar-refractivity contribution in [2.24, 2.45) is 4.99 Å². The second-order valence-electron chi connectivity index (χ2n) is 5.25. The molecule has 6 heteroatoms. The van der Waals surface area contributed by atoms with E-state index in [9.17, 15) is 0 Å². The van der Waals surface area contributed by atoms with Crippen molar-refractivity contribution in [2.45, 2.75) is 19.3 Å². The van der Waals surface area contributed by atoms with Crippen molar-refractivity contribution in [2.75, 3.05) is 38.8 Å². The zero-order valence-electron chi connectivity index (χ0n) is 14.9. The van der Waals surface area contributed by atoms with Gasteiger partial charge < -0.3 is 15.4 Å². The van der Waals surface area contributed by atoms with E-state index < -0.39 is 0 Å². The summed E-state index contributed by atoms with van der Waals surface area (Å²) >= 11 is 1.86. The number of hydrogen-bond donors (Lipinski definition) is 2. The summed E-state index contributed by atoms with van der Waals surface area (Å²) in [5, 5.41) is 6.69. The SMILES string of the molecule is C=CCSCCNC(=NC)NCCC(C)c1ccc(OC)cc1.I. The molecule has 1 atom stereocenters. The molecule has 1 rings (SSSR count). The first-order valence-corrected chi connectivity index (χ1v) is 9.13. The fraction of sp³-hybridized carbons (Fsp3) is 0.500. The van der Waals surface area contributed by atoms with E-state index in [4.69, 9.17) is 4.74 Å². The van der Waals surface area contributed by atoms with Crippen LogP contribution in [0.3, 0.4) is 0 Å². The number of nitrogens with one attached hydrogen (secondary N) is 2. The third-order valence-electron chi connectivity index (χ3n) is 3.55.